The molecule has 0 radical (unpaired) electrons. The summed E-state index contributed by atoms with van der Waals surface area (Å²) in [4.78, 5) is 0. The molecule has 0 aliphatic heterocycles. The van der Waals surface area contributed by atoms with Crippen molar-refractivity contribution in [1.29, 1.82) is 0 Å². The van der Waals surface area contributed by atoms with E-state index in [-0.39, 0.29) is 22.3 Å². The SMILES string of the molecule is CC(C)(C)c1cc(Cc2ccccc2)c(C(C)(C)C)c(O)c1O. The molecule has 0 amide bonds. The third-order valence-corrected chi connectivity index (χ3v) is 4.15. The molecule has 124 valence electrons. The van der Waals surface area contributed by atoms with Crippen molar-refractivity contribution in [3.8, 4) is 11.5 Å². The van der Waals surface area contributed by atoms with Gasteiger partial charge >= 0.3 is 0 Å². The molecule has 2 aromatic rings. The van der Waals surface area contributed by atoms with E-state index in [9.17, 15) is 10.2 Å². The monoisotopic (exact) mass is 312 g/mol. The van der Waals surface area contributed by atoms with Crippen LogP contribution < -0.4 is 0 Å². The number of benzene rings is 2. The van der Waals surface area contributed by atoms with Gasteiger partial charge in [-0.2, -0.15) is 0 Å². The van der Waals surface area contributed by atoms with Crippen LogP contribution in [0.2, 0.25) is 0 Å². The summed E-state index contributed by atoms with van der Waals surface area (Å²) in [5.41, 5.74) is 3.40. The molecule has 0 atom stereocenters. The molecular weight excluding hydrogens is 284 g/mol. The molecule has 2 heteroatoms. The van der Waals surface area contributed by atoms with Gasteiger partial charge in [0.05, 0.1) is 0 Å². The molecule has 0 heterocycles. The van der Waals surface area contributed by atoms with Crippen molar-refractivity contribution >= 4 is 0 Å². The summed E-state index contributed by atoms with van der Waals surface area (Å²) >= 11 is 0. The summed E-state index contributed by atoms with van der Waals surface area (Å²) in [5, 5.41) is 21.2. The fourth-order valence-corrected chi connectivity index (χ4v) is 3.08. The molecule has 0 fully saturated rings. The van der Waals surface area contributed by atoms with Crippen molar-refractivity contribution in [1.82, 2.24) is 0 Å². The summed E-state index contributed by atoms with van der Waals surface area (Å²) in [7, 11) is 0. The molecule has 0 unspecified atom stereocenters. The second kappa shape index (κ2) is 5.92. The van der Waals surface area contributed by atoms with Gasteiger partial charge in [0.25, 0.3) is 0 Å². The Hall–Kier alpha value is -1.96. The summed E-state index contributed by atoms with van der Waals surface area (Å²) in [5.74, 6) is 0.0371. The van der Waals surface area contributed by atoms with Gasteiger partial charge in [-0.05, 0) is 28.4 Å². The average Bonchev–Trinajstić information content (AvgIpc) is 2.41. The Bertz CT molecular complexity index is 687. The maximum Gasteiger partial charge on any atom is 0.161 e. The maximum atomic E-state index is 10.7. The number of aromatic hydroxyl groups is 2. The lowest BCUT2D eigenvalue weighted by atomic mass is 9.77. The standard InChI is InChI=1S/C21H28O2/c1-20(2,3)16-13-15(12-14-10-8-7-9-11-14)17(21(4,5)6)19(23)18(16)22/h7-11,13,22-23H,12H2,1-6H3. The highest BCUT2D eigenvalue weighted by Crippen LogP contribution is 2.45. The quantitative estimate of drug-likeness (QED) is 0.740. The zero-order valence-corrected chi connectivity index (χ0v) is 15.1. The van der Waals surface area contributed by atoms with E-state index >= 15 is 0 Å². The molecule has 2 nitrogen and oxygen atoms in total. The van der Waals surface area contributed by atoms with Crippen molar-refractivity contribution in [2.24, 2.45) is 0 Å². The predicted octanol–water partition coefficient (Wildman–Crippen LogP) is 5.28. The van der Waals surface area contributed by atoms with Crippen LogP contribution in [-0.2, 0) is 17.3 Å². The predicted molar refractivity (Wildman–Crippen MR) is 96.4 cm³/mol. The largest absolute Gasteiger partial charge is 0.504 e. The second-order valence-corrected chi connectivity index (χ2v) is 8.32. The van der Waals surface area contributed by atoms with Gasteiger partial charge in [0, 0.05) is 11.1 Å². The molecule has 0 bridgehead atoms. The molecule has 0 saturated heterocycles. The third-order valence-electron chi connectivity index (χ3n) is 4.15. The molecule has 0 saturated carbocycles. The smallest absolute Gasteiger partial charge is 0.161 e. The van der Waals surface area contributed by atoms with Crippen molar-refractivity contribution < 1.29 is 10.2 Å². The zero-order valence-electron chi connectivity index (χ0n) is 15.1. The second-order valence-electron chi connectivity index (χ2n) is 8.32. The van der Waals surface area contributed by atoms with E-state index in [0.29, 0.717) is 0 Å². The summed E-state index contributed by atoms with van der Waals surface area (Å²) in [6.07, 6.45) is 0.740. The summed E-state index contributed by atoms with van der Waals surface area (Å²) < 4.78 is 0. The van der Waals surface area contributed by atoms with Crippen molar-refractivity contribution in [3.63, 3.8) is 0 Å². The summed E-state index contributed by atoms with van der Waals surface area (Å²) in [6.45, 7) is 12.3. The molecule has 23 heavy (non-hydrogen) atoms. The zero-order chi connectivity index (χ0) is 17.4. The van der Waals surface area contributed by atoms with Crippen molar-refractivity contribution in [3.05, 3.63) is 58.7 Å². The number of hydrogen-bond acceptors (Lipinski definition) is 2. The van der Waals surface area contributed by atoms with E-state index in [1.807, 2.05) is 39.0 Å². The molecule has 0 aromatic heterocycles. The van der Waals surface area contributed by atoms with Crippen LogP contribution in [0.25, 0.3) is 0 Å². The topological polar surface area (TPSA) is 40.5 Å². The van der Waals surface area contributed by atoms with Crippen LogP contribution in [0.5, 0.6) is 11.5 Å². The van der Waals surface area contributed by atoms with Crippen LogP contribution in [0, 0.1) is 0 Å². The molecule has 2 aromatic carbocycles. The van der Waals surface area contributed by atoms with E-state index in [2.05, 4.69) is 39.0 Å². The van der Waals surface area contributed by atoms with Gasteiger partial charge in [-0.3, -0.25) is 0 Å². The van der Waals surface area contributed by atoms with Crippen LogP contribution in [0.1, 0.15) is 63.8 Å². The van der Waals surface area contributed by atoms with Crippen LogP contribution >= 0.6 is 0 Å². The summed E-state index contributed by atoms with van der Waals surface area (Å²) in [6, 6.07) is 12.3. The highest BCUT2D eigenvalue weighted by atomic mass is 16.3. The first kappa shape index (κ1) is 17.4. The Kier molecular flexibility index (Phi) is 4.48. The first-order valence-corrected chi connectivity index (χ1v) is 8.14. The van der Waals surface area contributed by atoms with Gasteiger partial charge in [0.1, 0.15) is 0 Å². The fourth-order valence-electron chi connectivity index (χ4n) is 3.08. The Morgan fingerprint density at radius 3 is 1.83 bits per heavy atom. The van der Waals surface area contributed by atoms with E-state index < -0.39 is 0 Å². The molecule has 0 aliphatic carbocycles. The third kappa shape index (κ3) is 3.69. The highest BCUT2D eigenvalue weighted by molar-refractivity contribution is 5.59. The number of phenols is 2. The molecule has 0 aliphatic rings. The molecule has 2 N–H and O–H groups in total. The average molecular weight is 312 g/mol. The van der Waals surface area contributed by atoms with Crippen LogP contribution in [0.3, 0.4) is 0 Å². The van der Waals surface area contributed by atoms with Gasteiger partial charge in [0.2, 0.25) is 0 Å². The van der Waals surface area contributed by atoms with E-state index in [1.54, 1.807) is 0 Å². The fraction of sp³-hybridized carbons (Fsp3) is 0.429. The van der Waals surface area contributed by atoms with Crippen LogP contribution in [0.4, 0.5) is 0 Å². The van der Waals surface area contributed by atoms with E-state index in [1.165, 1.54) is 5.56 Å². The molecule has 2 rings (SSSR count). The Labute approximate surface area is 139 Å². The Balaban J connectivity index is 2.69. The minimum atomic E-state index is -0.248. The highest BCUT2D eigenvalue weighted by Gasteiger charge is 2.29. The number of hydrogen-bond donors (Lipinski definition) is 2. The number of phenolic OH excluding ortho intramolecular Hbond substituents is 2. The minimum absolute atomic E-state index is 0.0132. The van der Waals surface area contributed by atoms with E-state index in [0.717, 1.165) is 23.1 Å². The van der Waals surface area contributed by atoms with E-state index in [4.69, 9.17) is 0 Å². The lowest BCUT2D eigenvalue weighted by Crippen LogP contribution is -2.18. The van der Waals surface area contributed by atoms with Gasteiger partial charge in [-0.25, -0.2) is 0 Å². The van der Waals surface area contributed by atoms with Gasteiger partial charge in [0.15, 0.2) is 11.5 Å². The Morgan fingerprint density at radius 1 is 0.783 bits per heavy atom. The van der Waals surface area contributed by atoms with Gasteiger partial charge in [-0.15, -0.1) is 0 Å². The lowest BCUT2D eigenvalue weighted by Gasteiger charge is -2.29. The normalized spacial score (nSPS) is 12.4. The molecule has 0 spiro atoms. The van der Waals surface area contributed by atoms with Crippen LogP contribution in [0.15, 0.2) is 36.4 Å². The van der Waals surface area contributed by atoms with Crippen LogP contribution in [-0.4, -0.2) is 10.2 Å². The Morgan fingerprint density at radius 2 is 1.35 bits per heavy atom. The van der Waals surface area contributed by atoms with Crippen molar-refractivity contribution in [2.75, 3.05) is 0 Å². The first-order valence-electron chi connectivity index (χ1n) is 8.14. The first-order chi connectivity index (χ1) is 10.5. The van der Waals surface area contributed by atoms with Gasteiger partial charge < -0.3 is 10.2 Å². The lowest BCUT2D eigenvalue weighted by molar-refractivity contribution is 0.375. The van der Waals surface area contributed by atoms with Crippen molar-refractivity contribution in [2.45, 2.75) is 58.8 Å². The maximum absolute atomic E-state index is 10.7. The number of rotatable bonds is 2. The molecular formula is C21H28O2. The minimum Gasteiger partial charge on any atom is -0.504 e. The van der Waals surface area contributed by atoms with Gasteiger partial charge in [-0.1, -0.05) is 77.9 Å².